The van der Waals surface area contributed by atoms with Crippen LogP contribution in [0.3, 0.4) is 0 Å². The van der Waals surface area contributed by atoms with Crippen molar-refractivity contribution in [3.05, 3.63) is 52.5 Å². The van der Waals surface area contributed by atoms with Gasteiger partial charge in [-0.15, -0.1) is 0 Å². The van der Waals surface area contributed by atoms with E-state index in [1.807, 2.05) is 24.3 Å². The van der Waals surface area contributed by atoms with Crippen molar-refractivity contribution in [2.24, 2.45) is 5.10 Å². The predicted molar refractivity (Wildman–Crippen MR) is 111 cm³/mol. The molecule has 150 valence electrons. The van der Waals surface area contributed by atoms with Crippen LogP contribution in [0.5, 0.6) is 17.2 Å². The molecule has 1 amide bonds. The molecule has 7 heteroatoms. The van der Waals surface area contributed by atoms with Crippen LogP contribution in [0.15, 0.2) is 41.5 Å². The molecule has 2 aromatic rings. The summed E-state index contributed by atoms with van der Waals surface area (Å²) in [4.78, 5) is 11.9. The minimum absolute atomic E-state index is 0.0593. The second-order valence-corrected chi connectivity index (χ2v) is 7.55. The van der Waals surface area contributed by atoms with Crippen molar-refractivity contribution in [3.8, 4) is 17.2 Å². The van der Waals surface area contributed by atoms with E-state index >= 15 is 0 Å². The maximum atomic E-state index is 11.9. The van der Waals surface area contributed by atoms with Crippen molar-refractivity contribution in [1.29, 1.82) is 0 Å². The van der Waals surface area contributed by atoms with E-state index in [0.29, 0.717) is 17.9 Å². The van der Waals surface area contributed by atoms with E-state index in [1.54, 1.807) is 13.0 Å². The van der Waals surface area contributed by atoms with Crippen molar-refractivity contribution in [2.75, 3.05) is 13.2 Å². The van der Waals surface area contributed by atoms with Crippen molar-refractivity contribution in [1.82, 2.24) is 5.43 Å². The molecule has 2 rings (SSSR count). The molecule has 0 aliphatic carbocycles. The van der Waals surface area contributed by atoms with E-state index in [2.05, 4.69) is 31.3 Å². The zero-order chi connectivity index (χ0) is 20.7. The highest BCUT2D eigenvalue weighted by Crippen LogP contribution is 2.34. The Morgan fingerprint density at radius 2 is 1.89 bits per heavy atom. The Bertz CT molecular complexity index is 843. The van der Waals surface area contributed by atoms with E-state index in [1.165, 1.54) is 17.8 Å². The number of aromatic hydroxyl groups is 1. The SMILES string of the molecule is CCOc1cc(/C=N\NC(=O)COc2ccc(C(C)(C)C)cc2)cc(Cl)c1O. The lowest BCUT2D eigenvalue weighted by Crippen LogP contribution is -2.24. The van der Waals surface area contributed by atoms with Gasteiger partial charge in [-0.3, -0.25) is 4.79 Å². The fourth-order valence-corrected chi connectivity index (χ4v) is 2.56. The van der Waals surface area contributed by atoms with Crippen LogP contribution in [-0.2, 0) is 10.2 Å². The van der Waals surface area contributed by atoms with Crippen LogP contribution < -0.4 is 14.9 Å². The van der Waals surface area contributed by atoms with Gasteiger partial charge >= 0.3 is 0 Å². The van der Waals surface area contributed by atoms with E-state index < -0.39 is 5.91 Å². The molecule has 0 atom stereocenters. The van der Waals surface area contributed by atoms with Gasteiger partial charge in [-0.2, -0.15) is 5.10 Å². The van der Waals surface area contributed by atoms with Crippen LogP contribution >= 0.6 is 11.6 Å². The highest BCUT2D eigenvalue weighted by atomic mass is 35.5. The highest BCUT2D eigenvalue weighted by Gasteiger charge is 2.13. The lowest BCUT2D eigenvalue weighted by Gasteiger charge is -2.19. The van der Waals surface area contributed by atoms with Crippen molar-refractivity contribution >= 4 is 23.7 Å². The third-order valence-corrected chi connectivity index (χ3v) is 4.13. The Hall–Kier alpha value is -2.73. The maximum Gasteiger partial charge on any atom is 0.277 e. The summed E-state index contributed by atoms with van der Waals surface area (Å²) in [6, 6.07) is 10.7. The molecule has 0 unspecified atom stereocenters. The van der Waals surface area contributed by atoms with Crippen LogP contribution in [0.4, 0.5) is 0 Å². The van der Waals surface area contributed by atoms with Gasteiger partial charge in [0.15, 0.2) is 18.1 Å². The van der Waals surface area contributed by atoms with Crippen LogP contribution in [0.1, 0.15) is 38.8 Å². The fraction of sp³-hybridized carbons (Fsp3) is 0.333. The molecular formula is C21H25ClN2O4. The minimum Gasteiger partial charge on any atom is -0.503 e. The number of amides is 1. The summed E-state index contributed by atoms with van der Waals surface area (Å²) in [6.45, 7) is 8.42. The van der Waals surface area contributed by atoms with Gasteiger partial charge in [0.2, 0.25) is 0 Å². The molecule has 0 saturated heterocycles. The number of phenols is 1. The number of benzene rings is 2. The molecule has 0 radical (unpaired) electrons. The Morgan fingerprint density at radius 3 is 2.50 bits per heavy atom. The highest BCUT2D eigenvalue weighted by molar-refractivity contribution is 6.32. The number of carbonyl (C=O) groups is 1. The summed E-state index contributed by atoms with van der Waals surface area (Å²) in [5.74, 6) is 0.338. The van der Waals surface area contributed by atoms with Crippen molar-refractivity contribution in [2.45, 2.75) is 33.1 Å². The van der Waals surface area contributed by atoms with Crippen LogP contribution in [0.25, 0.3) is 0 Å². The van der Waals surface area contributed by atoms with Gasteiger partial charge in [-0.25, -0.2) is 5.43 Å². The summed E-state index contributed by atoms with van der Waals surface area (Å²) in [5.41, 5.74) is 4.20. The van der Waals surface area contributed by atoms with Gasteiger partial charge in [0, 0.05) is 0 Å². The Labute approximate surface area is 170 Å². The number of ether oxygens (including phenoxy) is 2. The number of rotatable bonds is 7. The first-order valence-corrected chi connectivity index (χ1v) is 9.29. The van der Waals surface area contributed by atoms with Gasteiger partial charge in [0.25, 0.3) is 5.91 Å². The Kier molecular flexibility index (Phi) is 7.29. The molecule has 2 aromatic carbocycles. The molecule has 0 bridgehead atoms. The molecule has 2 N–H and O–H groups in total. The largest absolute Gasteiger partial charge is 0.503 e. The van der Waals surface area contributed by atoms with E-state index in [-0.39, 0.29) is 28.5 Å². The van der Waals surface area contributed by atoms with Crippen LogP contribution in [0, 0.1) is 0 Å². The predicted octanol–water partition coefficient (Wildman–Crippen LogP) is 4.27. The first-order chi connectivity index (χ1) is 13.2. The average molecular weight is 405 g/mol. The Morgan fingerprint density at radius 1 is 1.21 bits per heavy atom. The van der Waals surface area contributed by atoms with Gasteiger partial charge in [-0.1, -0.05) is 44.5 Å². The van der Waals surface area contributed by atoms with Gasteiger partial charge in [0.1, 0.15) is 5.75 Å². The number of nitrogens with one attached hydrogen (secondary N) is 1. The molecule has 28 heavy (non-hydrogen) atoms. The second kappa shape index (κ2) is 9.46. The van der Waals surface area contributed by atoms with Crippen molar-refractivity contribution in [3.63, 3.8) is 0 Å². The summed E-state index contributed by atoms with van der Waals surface area (Å²) < 4.78 is 10.8. The van der Waals surface area contributed by atoms with E-state index in [9.17, 15) is 9.90 Å². The zero-order valence-corrected chi connectivity index (χ0v) is 17.2. The Balaban J connectivity index is 1.88. The molecule has 6 nitrogen and oxygen atoms in total. The lowest BCUT2D eigenvalue weighted by molar-refractivity contribution is -0.123. The first kappa shape index (κ1) is 21.6. The van der Waals surface area contributed by atoms with Gasteiger partial charge in [0.05, 0.1) is 17.8 Å². The van der Waals surface area contributed by atoms with Crippen LogP contribution in [0.2, 0.25) is 5.02 Å². The normalized spacial score (nSPS) is 11.5. The summed E-state index contributed by atoms with van der Waals surface area (Å²) >= 11 is 5.95. The number of hydrazone groups is 1. The fourth-order valence-electron chi connectivity index (χ4n) is 2.34. The average Bonchev–Trinajstić information content (AvgIpc) is 2.64. The topological polar surface area (TPSA) is 80.2 Å². The summed E-state index contributed by atoms with van der Waals surface area (Å²) in [6.07, 6.45) is 1.41. The monoisotopic (exact) mass is 404 g/mol. The molecule has 0 fully saturated rings. The molecule has 0 aromatic heterocycles. The third kappa shape index (κ3) is 6.16. The van der Waals surface area contributed by atoms with E-state index in [4.69, 9.17) is 21.1 Å². The smallest absolute Gasteiger partial charge is 0.277 e. The zero-order valence-electron chi connectivity index (χ0n) is 16.5. The van der Waals surface area contributed by atoms with Gasteiger partial charge in [-0.05, 0) is 47.7 Å². The summed E-state index contributed by atoms with van der Waals surface area (Å²) in [5, 5.41) is 13.8. The number of nitrogens with zero attached hydrogens (tertiary/aromatic N) is 1. The number of carbonyl (C=O) groups excluding carboxylic acids is 1. The third-order valence-electron chi connectivity index (χ3n) is 3.84. The molecule has 0 saturated carbocycles. The van der Waals surface area contributed by atoms with Gasteiger partial charge < -0.3 is 14.6 Å². The molecule has 0 aliphatic heterocycles. The van der Waals surface area contributed by atoms with Crippen LogP contribution in [-0.4, -0.2) is 30.4 Å². The first-order valence-electron chi connectivity index (χ1n) is 8.91. The maximum absolute atomic E-state index is 11.9. The minimum atomic E-state index is -0.397. The standard InChI is InChI=1S/C21H25ClN2O4/c1-5-27-18-11-14(10-17(22)20(18)26)12-23-24-19(25)13-28-16-8-6-15(7-9-16)21(2,3)4/h6-12,26H,5,13H2,1-4H3,(H,24,25)/b23-12-. The lowest BCUT2D eigenvalue weighted by atomic mass is 9.87. The number of phenolic OH excluding ortho intramolecular Hbond substituents is 1. The number of halogens is 1. The molecule has 0 spiro atoms. The molecular weight excluding hydrogens is 380 g/mol. The molecule has 0 heterocycles. The number of hydrogen-bond acceptors (Lipinski definition) is 5. The molecule has 0 aliphatic rings. The van der Waals surface area contributed by atoms with Crippen molar-refractivity contribution < 1.29 is 19.4 Å². The quantitative estimate of drug-likeness (QED) is 0.533. The number of hydrogen-bond donors (Lipinski definition) is 2. The summed E-state index contributed by atoms with van der Waals surface area (Å²) in [7, 11) is 0. The van der Waals surface area contributed by atoms with E-state index in [0.717, 1.165) is 0 Å². The second-order valence-electron chi connectivity index (χ2n) is 7.14.